The number of Topliss-reactive ketones (excluding diaryl/α,β-unsaturated/α-hetero) is 1. The number of carbonyl (C=O) groups is 2. The van der Waals surface area contributed by atoms with Crippen LogP contribution >= 0.6 is 11.6 Å². The van der Waals surface area contributed by atoms with Gasteiger partial charge in [-0.15, -0.1) is 0 Å². The average Bonchev–Trinajstić information content (AvgIpc) is 3.02. The summed E-state index contributed by atoms with van der Waals surface area (Å²) in [6, 6.07) is 8.23. The minimum atomic E-state index is -0.613. The number of anilines is 1. The molecule has 6 nitrogen and oxygen atoms in total. The van der Waals surface area contributed by atoms with E-state index in [4.69, 9.17) is 16.3 Å². The molecule has 5 rings (SSSR count). The predicted octanol–water partition coefficient (Wildman–Crippen LogP) is 3.63. The van der Waals surface area contributed by atoms with Crippen molar-refractivity contribution in [1.82, 2.24) is 9.97 Å². The Labute approximate surface area is 167 Å². The van der Waals surface area contributed by atoms with E-state index in [0.29, 0.717) is 10.6 Å². The van der Waals surface area contributed by atoms with E-state index in [0.717, 1.165) is 31.2 Å². The number of aromatic nitrogens is 2. The highest BCUT2D eigenvalue weighted by molar-refractivity contribution is 6.30. The van der Waals surface area contributed by atoms with Crippen LogP contribution in [0.25, 0.3) is 0 Å². The van der Waals surface area contributed by atoms with Crippen LogP contribution in [-0.2, 0) is 14.3 Å². The number of halogens is 1. The molecule has 0 spiro atoms. The SMILES string of the molecule is O=C1C2=C(OC3CCCCC13)C(=O)N(c1ncccn1)C2c1ccc(Cl)cc1. The van der Waals surface area contributed by atoms with E-state index in [2.05, 4.69) is 9.97 Å². The lowest BCUT2D eigenvalue weighted by molar-refractivity contribution is -0.131. The predicted molar refractivity (Wildman–Crippen MR) is 103 cm³/mol. The Morgan fingerprint density at radius 1 is 1.04 bits per heavy atom. The molecule has 3 heterocycles. The van der Waals surface area contributed by atoms with Gasteiger partial charge in [-0.25, -0.2) is 9.97 Å². The van der Waals surface area contributed by atoms with Crippen LogP contribution in [0.1, 0.15) is 37.3 Å². The molecule has 0 saturated heterocycles. The first kappa shape index (κ1) is 17.4. The summed E-state index contributed by atoms with van der Waals surface area (Å²) in [7, 11) is 0. The van der Waals surface area contributed by atoms with Crippen molar-refractivity contribution in [2.75, 3.05) is 4.90 Å². The number of hydrogen-bond donors (Lipinski definition) is 0. The second-order valence-corrected chi connectivity index (χ2v) is 7.77. The molecule has 2 aliphatic heterocycles. The van der Waals surface area contributed by atoms with E-state index in [1.54, 1.807) is 30.6 Å². The summed E-state index contributed by atoms with van der Waals surface area (Å²) >= 11 is 6.05. The molecular weight excluding hydrogens is 378 g/mol. The van der Waals surface area contributed by atoms with Crippen molar-refractivity contribution in [1.29, 1.82) is 0 Å². The van der Waals surface area contributed by atoms with Gasteiger partial charge in [-0.1, -0.05) is 30.2 Å². The highest BCUT2D eigenvalue weighted by Gasteiger charge is 2.53. The van der Waals surface area contributed by atoms with E-state index in [1.165, 1.54) is 4.90 Å². The molecule has 2 aromatic rings. The molecule has 1 fully saturated rings. The smallest absolute Gasteiger partial charge is 0.297 e. The number of ketones is 1. The summed E-state index contributed by atoms with van der Waals surface area (Å²) < 4.78 is 6.11. The summed E-state index contributed by atoms with van der Waals surface area (Å²) in [6.45, 7) is 0. The van der Waals surface area contributed by atoms with Crippen molar-refractivity contribution in [2.45, 2.75) is 37.8 Å². The van der Waals surface area contributed by atoms with Crippen LogP contribution in [0.4, 0.5) is 5.95 Å². The van der Waals surface area contributed by atoms with E-state index in [9.17, 15) is 9.59 Å². The van der Waals surface area contributed by atoms with Crippen LogP contribution in [0, 0.1) is 5.92 Å². The molecule has 1 aromatic carbocycles. The van der Waals surface area contributed by atoms with Gasteiger partial charge in [-0.3, -0.25) is 14.5 Å². The Balaban J connectivity index is 1.66. The molecular formula is C21H18ClN3O3. The van der Waals surface area contributed by atoms with Gasteiger partial charge in [0.1, 0.15) is 6.10 Å². The Bertz CT molecular complexity index is 974. The Morgan fingerprint density at radius 2 is 1.75 bits per heavy atom. The van der Waals surface area contributed by atoms with Crippen LogP contribution in [0.15, 0.2) is 54.1 Å². The molecule has 0 N–H and O–H groups in total. The van der Waals surface area contributed by atoms with Gasteiger partial charge in [-0.2, -0.15) is 0 Å². The van der Waals surface area contributed by atoms with E-state index < -0.39 is 6.04 Å². The first-order chi connectivity index (χ1) is 13.6. The highest BCUT2D eigenvalue weighted by atomic mass is 35.5. The fourth-order valence-corrected chi connectivity index (χ4v) is 4.55. The molecule has 1 aromatic heterocycles. The normalized spacial score (nSPS) is 26.8. The number of fused-ring (bicyclic) bond motifs is 1. The highest BCUT2D eigenvalue weighted by Crippen LogP contribution is 2.47. The number of nitrogens with zero attached hydrogens (tertiary/aromatic N) is 3. The minimum absolute atomic E-state index is 0.0117. The van der Waals surface area contributed by atoms with Gasteiger partial charge in [0.2, 0.25) is 5.95 Å². The van der Waals surface area contributed by atoms with Crippen LogP contribution in [0.5, 0.6) is 0 Å². The van der Waals surface area contributed by atoms with Gasteiger partial charge < -0.3 is 4.74 Å². The van der Waals surface area contributed by atoms with E-state index in [-0.39, 0.29) is 35.4 Å². The Morgan fingerprint density at radius 3 is 2.50 bits per heavy atom. The molecule has 1 saturated carbocycles. The summed E-state index contributed by atoms with van der Waals surface area (Å²) in [5.41, 5.74) is 1.20. The molecule has 142 valence electrons. The zero-order valence-corrected chi connectivity index (χ0v) is 15.8. The lowest BCUT2D eigenvalue weighted by atomic mass is 9.77. The molecule has 3 atom stereocenters. The monoisotopic (exact) mass is 395 g/mol. The Kier molecular flexibility index (Phi) is 4.16. The maximum Gasteiger partial charge on any atom is 0.297 e. The second-order valence-electron chi connectivity index (χ2n) is 7.33. The number of carbonyl (C=O) groups excluding carboxylic acids is 2. The zero-order chi connectivity index (χ0) is 19.3. The van der Waals surface area contributed by atoms with Gasteiger partial charge in [0, 0.05) is 17.4 Å². The van der Waals surface area contributed by atoms with Gasteiger partial charge in [-0.05, 0) is 43.0 Å². The van der Waals surface area contributed by atoms with E-state index >= 15 is 0 Å². The molecule has 3 aliphatic rings. The molecule has 0 radical (unpaired) electrons. The molecule has 0 bridgehead atoms. The maximum atomic E-state index is 13.4. The average molecular weight is 396 g/mol. The van der Waals surface area contributed by atoms with Crippen molar-refractivity contribution >= 4 is 29.2 Å². The van der Waals surface area contributed by atoms with Crippen molar-refractivity contribution in [3.8, 4) is 0 Å². The standard InChI is InChI=1S/C21H18ClN3O3/c22-13-8-6-12(7-9-13)17-16-18(26)14-4-1-2-5-15(14)28-19(16)20(27)25(17)21-23-10-3-11-24-21/h3,6-11,14-15,17H,1-2,4-5H2. The molecule has 28 heavy (non-hydrogen) atoms. The van der Waals surface area contributed by atoms with Crippen LogP contribution in [-0.4, -0.2) is 27.8 Å². The van der Waals surface area contributed by atoms with Gasteiger partial charge in [0.25, 0.3) is 5.91 Å². The summed E-state index contributed by atoms with van der Waals surface area (Å²) in [6.07, 6.45) is 6.55. The number of benzene rings is 1. The van der Waals surface area contributed by atoms with Gasteiger partial charge in [0.15, 0.2) is 11.5 Å². The van der Waals surface area contributed by atoms with Crippen LogP contribution in [0.2, 0.25) is 5.02 Å². The fraction of sp³-hybridized carbons (Fsp3) is 0.333. The van der Waals surface area contributed by atoms with Crippen molar-refractivity contribution in [2.24, 2.45) is 5.92 Å². The zero-order valence-electron chi connectivity index (χ0n) is 15.0. The number of hydrogen-bond acceptors (Lipinski definition) is 5. The summed E-state index contributed by atoms with van der Waals surface area (Å²) in [4.78, 5) is 36.7. The lowest BCUT2D eigenvalue weighted by Crippen LogP contribution is -2.39. The third-order valence-corrected chi connectivity index (χ3v) is 5.97. The first-order valence-corrected chi connectivity index (χ1v) is 9.84. The second kappa shape index (κ2) is 6.71. The summed E-state index contributed by atoms with van der Waals surface area (Å²) in [5, 5.41) is 0.586. The van der Waals surface area contributed by atoms with Crippen LogP contribution < -0.4 is 4.90 Å². The largest absolute Gasteiger partial charge is 0.483 e. The number of ether oxygens (including phenoxy) is 1. The van der Waals surface area contributed by atoms with E-state index in [1.807, 2.05) is 12.1 Å². The third kappa shape index (κ3) is 2.63. The summed E-state index contributed by atoms with van der Waals surface area (Å²) in [5.74, 6) is -0.135. The molecule has 1 aliphatic carbocycles. The van der Waals surface area contributed by atoms with Gasteiger partial charge in [0.05, 0.1) is 17.5 Å². The van der Waals surface area contributed by atoms with Gasteiger partial charge >= 0.3 is 0 Å². The maximum absolute atomic E-state index is 13.4. The third-order valence-electron chi connectivity index (χ3n) is 5.72. The number of amides is 1. The molecule has 7 heteroatoms. The fourth-order valence-electron chi connectivity index (χ4n) is 4.43. The first-order valence-electron chi connectivity index (χ1n) is 9.46. The quantitative estimate of drug-likeness (QED) is 0.776. The van der Waals surface area contributed by atoms with Crippen molar-refractivity contribution in [3.05, 3.63) is 64.6 Å². The molecule has 3 unspecified atom stereocenters. The van der Waals surface area contributed by atoms with Crippen molar-refractivity contribution in [3.63, 3.8) is 0 Å². The lowest BCUT2D eigenvalue weighted by Gasteiger charge is -2.35. The Hall–Kier alpha value is -2.73. The number of rotatable bonds is 2. The minimum Gasteiger partial charge on any atom is -0.483 e. The molecule has 1 amide bonds. The van der Waals surface area contributed by atoms with Crippen molar-refractivity contribution < 1.29 is 14.3 Å². The van der Waals surface area contributed by atoms with Crippen LogP contribution in [0.3, 0.4) is 0 Å². The topological polar surface area (TPSA) is 72.4 Å².